The number of amides is 1. The van der Waals surface area contributed by atoms with Gasteiger partial charge < -0.3 is 15.0 Å². The number of anilines is 1. The first-order valence-electron chi connectivity index (χ1n) is 11.5. The van der Waals surface area contributed by atoms with Crippen LogP contribution in [0.5, 0.6) is 5.75 Å². The Hall–Kier alpha value is -4.12. The summed E-state index contributed by atoms with van der Waals surface area (Å²) in [6.07, 6.45) is 1.09. The second kappa shape index (κ2) is 11.5. The largest absolute Gasteiger partial charge is 0.494 e. The highest BCUT2D eigenvalue weighted by molar-refractivity contribution is 7.99. The quantitative estimate of drug-likeness (QED) is 0.282. The fourth-order valence-electron chi connectivity index (χ4n) is 3.56. The third kappa shape index (κ3) is 6.30. The Morgan fingerprint density at radius 1 is 1.03 bits per heavy atom. The number of benzene rings is 2. The summed E-state index contributed by atoms with van der Waals surface area (Å²) in [5, 5.41) is 12.0. The van der Waals surface area contributed by atoms with Crippen LogP contribution in [0.1, 0.15) is 30.9 Å². The van der Waals surface area contributed by atoms with E-state index in [-0.39, 0.29) is 18.1 Å². The van der Waals surface area contributed by atoms with Gasteiger partial charge in [-0.05, 0) is 55.3 Å². The highest BCUT2D eigenvalue weighted by Crippen LogP contribution is 2.25. The van der Waals surface area contributed by atoms with Crippen molar-refractivity contribution in [2.75, 3.05) is 17.7 Å². The van der Waals surface area contributed by atoms with Gasteiger partial charge in [0.2, 0.25) is 5.91 Å². The zero-order valence-corrected chi connectivity index (χ0v) is 20.7. The van der Waals surface area contributed by atoms with Crippen molar-refractivity contribution < 1.29 is 9.53 Å². The van der Waals surface area contributed by atoms with Gasteiger partial charge in [-0.3, -0.25) is 19.1 Å². The van der Waals surface area contributed by atoms with Gasteiger partial charge in [-0.2, -0.15) is 0 Å². The molecule has 0 saturated heterocycles. The Morgan fingerprint density at radius 3 is 2.44 bits per heavy atom. The molecule has 2 heterocycles. The maximum atomic E-state index is 12.6. The Labute approximate surface area is 211 Å². The number of rotatable bonds is 10. The Morgan fingerprint density at radius 2 is 1.78 bits per heavy atom. The first kappa shape index (κ1) is 25.0. The van der Waals surface area contributed by atoms with Gasteiger partial charge in [-0.25, -0.2) is 4.79 Å². The van der Waals surface area contributed by atoms with Crippen molar-refractivity contribution in [3.8, 4) is 11.4 Å². The molecule has 3 N–H and O–H groups in total. The average molecular weight is 507 g/mol. The molecule has 0 bridgehead atoms. The molecule has 0 aliphatic carbocycles. The van der Waals surface area contributed by atoms with Gasteiger partial charge in [0.1, 0.15) is 11.6 Å². The number of aromatic amines is 2. The van der Waals surface area contributed by atoms with E-state index < -0.39 is 11.2 Å². The number of carbonyl (C=O) groups excluding carboxylic acids is 1. The molecule has 0 spiro atoms. The molecule has 2 aromatic carbocycles. The smallest absolute Gasteiger partial charge is 0.325 e. The maximum Gasteiger partial charge on any atom is 0.325 e. The second-order valence-corrected chi connectivity index (χ2v) is 8.78. The van der Waals surface area contributed by atoms with E-state index in [2.05, 4.69) is 32.4 Å². The lowest BCUT2D eigenvalue weighted by molar-refractivity contribution is -0.113. The standard InChI is InChI=1S/C25H26N6O4S/c1-3-16-5-7-17(8-6-16)26-23(33)15-36-25-30-29-21(13-18-14-22(32)28-24(34)27-18)31(25)19-9-11-20(12-10-19)35-4-2/h5-12,14H,3-4,13,15H2,1-2H3,(H,26,33)(H2,27,28,32,34). The zero-order chi connectivity index (χ0) is 25.5. The highest BCUT2D eigenvalue weighted by Gasteiger charge is 2.17. The summed E-state index contributed by atoms with van der Waals surface area (Å²) in [4.78, 5) is 40.8. The Kier molecular flexibility index (Phi) is 8.01. The predicted molar refractivity (Wildman–Crippen MR) is 138 cm³/mol. The number of carbonyl (C=O) groups is 1. The molecular weight excluding hydrogens is 480 g/mol. The molecule has 11 heteroatoms. The minimum Gasteiger partial charge on any atom is -0.494 e. The fraction of sp³-hybridized carbons (Fsp3) is 0.240. The van der Waals surface area contributed by atoms with Crippen molar-refractivity contribution in [2.24, 2.45) is 0 Å². The van der Waals surface area contributed by atoms with Gasteiger partial charge in [-0.1, -0.05) is 30.8 Å². The number of nitrogens with zero attached hydrogens (tertiary/aromatic N) is 3. The van der Waals surface area contributed by atoms with E-state index in [0.717, 1.165) is 23.5 Å². The summed E-state index contributed by atoms with van der Waals surface area (Å²) in [5.74, 6) is 1.16. The maximum absolute atomic E-state index is 12.6. The van der Waals surface area contributed by atoms with Crippen LogP contribution in [0.3, 0.4) is 0 Å². The van der Waals surface area contributed by atoms with Crippen LogP contribution in [0.4, 0.5) is 5.69 Å². The first-order chi connectivity index (χ1) is 17.4. The number of hydrogen-bond donors (Lipinski definition) is 3. The summed E-state index contributed by atoms with van der Waals surface area (Å²) in [5.41, 5.74) is 1.98. The van der Waals surface area contributed by atoms with Gasteiger partial charge in [0.25, 0.3) is 5.56 Å². The van der Waals surface area contributed by atoms with Gasteiger partial charge in [0.15, 0.2) is 5.16 Å². The molecular formula is C25H26N6O4S. The Balaban J connectivity index is 1.57. The van der Waals surface area contributed by atoms with E-state index in [1.165, 1.54) is 23.4 Å². The highest BCUT2D eigenvalue weighted by atomic mass is 32.2. The third-order valence-corrected chi connectivity index (χ3v) is 6.18. The van der Waals surface area contributed by atoms with E-state index >= 15 is 0 Å². The summed E-state index contributed by atoms with van der Waals surface area (Å²) in [7, 11) is 0. The lowest BCUT2D eigenvalue weighted by Crippen LogP contribution is -2.23. The van der Waals surface area contributed by atoms with Crippen molar-refractivity contribution in [1.82, 2.24) is 24.7 Å². The van der Waals surface area contributed by atoms with Crippen LogP contribution in [0.25, 0.3) is 5.69 Å². The molecule has 186 valence electrons. The number of aryl methyl sites for hydroxylation is 1. The number of ether oxygens (including phenoxy) is 1. The lowest BCUT2D eigenvalue weighted by Gasteiger charge is -2.11. The second-order valence-electron chi connectivity index (χ2n) is 7.84. The van der Waals surface area contributed by atoms with Crippen molar-refractivity contribution in [3.63, 3.8) is 0 Å². The molecule has 10 nitrogen and oxygen atoms in total. The van der Waals surface area contributed by atoms with E-state index in [9.17, 15) is 14.4 Å². The predicted octanol–water partition coefficient (Wildman–Crippen LogP) is 2.93. The molecule has 36 heavy (non-hydrogen) atoms. The molecule has 0 aliphatic rings. The van der Waals surface area contributed by atoms with E-state index in [1.54, 1.807) is 4.57 Å². The van der Waals surface area contributed by atoms with Crippen LogP contribution in [0, 0.1) is 0 Å². The van der Waals surface area contributed by atoms with Gasteiger partial charge in [0.05, 0.1) is 12.4 Å². The van der Waals surface area contributed by atoms with Crippen LogP contribution in [-0.2, 0) is 17.6 Å². The van der Waals surface area contributed by atoms with E-state index in [4.69, 9.17) is 4.74 Å². The van der Waals surface area contributed by atoms with Crippen LogP contribution in [-0.4, -0.2) is 43.0 Å². The molecule has 0 aliphatic heterocycles. The van der Waals surface area contributed by atoms with Crippen LogP contribution in [0.15, 0.2) is 69.3 Å². The zero-order valence-electron chi connectivity index (χ0n) is 19.9. The first-order valence-corrected chi connectivity index (χ1v) is 12.5. The molecule has 1 amide bonds. The molecule has 0 unspecified atom stereocenters. The van der Waals surface area contributed by atoms with E-state index in [0.29, 0.717) is 23.3 Å². The number of H-pyrrole nitrogens is 2. The number of aromatic nitrogens is 5. The lowest BCUT2D eigenvalue weighted by atomic mass is 10.1. The SMILES string of the molecule is CCOc1ccc(-n2c(Cc3cc(=O)[nH]c(=O)[nH]3)nnc2SCC(=O)Nc2ccc(CC)cc2)cc1. The normalized spacial score (nSPS) is 10.8. The molecule has 0 atom stereocenters. The minimum atomic E-state index is -0.595. The Bertz CT molecular complexity index is 1410. The monoisotopic (exact) mass is 506 g/mol. The third-order valence-electron chi connectivity index (χ3n) is 5.25. The van der Waals surface area contributed by atoms with Gasteiger partial charge in [0, 0.05) is 29.6 Å². The average Bonchev–Trinajstić information content (AvgIpc) is 3.25. The van der Waals surface area contributed by atoms with Gasteiger partial charge in [-0.15, -0.1) is 10.2 Å². The summed E-state index contributed by atoms with van der Waals surface area (Å²) >= 11 is 1.24. The van der Waals surface area contributed by atoms with Crippen LogP contribution in [0.2, 0.25) is 0 Å². The van der Waals surface area contributed by atoms with Crippen molar-refractivity contribution in [2.45, 2.75) is 31.8 Å². The molecule has 4 aromatic rings. The number of hydrogen-bond acceptors (Lipinski definition) is 7. The molecule has 0 fully saturated rings. The fourth-order valence-corrected chi connectivity index (χ4v) is 4.33. The van der Waals surface area contributed by atoms with Crippen molar-refractivity contribution in [1.29, 1.82) is 0 Å². The van der Waals surface area contributed by atoms with Gasteiger partial charge >= 0.3 is 5.69 Å². The molecule has 2 aromatic heterocycles. The minimum absolute atomic E-state index is 0.118. The van der Waals surface area contributed by atoms with E-state index in [1.807, 2.05) is 55.5 Å². The molecule has 0 saturated carbocycles. The molecule has 0 radical (unpaired) electrons. The van der Waals surface area contributed by atoms with Crippen LogP contribution >= 0.6 is 11.8 Å². The number of thioether (sulfide) groups is 1. The molecule has 4 rings (SSSR count). The summed E-state index contributed by atoms with van der Waals surface area (Å²) in [6, 6.07) is 16.4. The van der Waals surface area contributed by atoms with Crippen molar-refractivity contribution >= 4 is 23.4 Å². The summed E-state index contributed by atoms with van der Waals surface area (Å²) in [6.45, 7) is 4.53. The van der Waals surface area contributed by atoms with Crippen molar-refractivity contribution in [3.05, 3.63) is 92.5 Å². The number of nitrogens with one attached hydrogen (secondary N) is 3. The topological polar surface area (TPSA) is 135 Å². The van der Waals surface area contributed by atoms with Crippen LogP contribution < -0.4 is 21.3 Å². The summed E-state index contributed by atoms with van der Waals surface area (Å²) < 4.78 is 7.33.